The number of alkyl carbamates (subject to hydrolysis) is 1. The van der Waals surface area contributed by atoms with E-state index in [1.165, 1.54) is 0 Å². The van der Waals surface area contributed by atoms with Gasteiger partial charge >= 0.3 is 6.09 Å². The fourth-order valence-corrected chi connectivity index (χ4v) is 1.33. The van der Waals surface area contributed by atoms with Gasteiger partial charge in [-0.1, -0.05) is 0 Å². The SMILES string of the molecule is Cn1ccnc1C(N)CNC(=O)OC(C)(C)C. The summed E-state index contributed by atoms with van der Waals surface area (Å²) in [5.41, 5.74) is 5.40. The highest BCUT2D eigenvalue weighted by atomic mass is 16.6. The van der Waals surface area contributed by atoms with Crippen LogP contribution < -0.4 is 11.1 Å². The number of nitrogens with two attached hydrogens (primary N) is 1. The van der Waals surface area contributed by atoms with Crippen molar-refractivity contribution in [3.05, 3.63) is 18.2 Å². The van der Waals surface area contributed by atoms with Crippen molar-refractivity contribution in [3.63, 3.8) is 0 Å². The van der Waals surface area contributed by atoms with E-state index in [4.69, 9.17) is 10.5 Å². The van der Waals surface area contributed by atoms with Gasteiger partial charge in [0.2, 0.25) is 0 Å². The van der Waals surface area contributed by atoms with Crippen LogP contribution in [-0.2, 0) is 11.8 Å². The van der Waals surface area contributed by atoms with Gasteiger partial charge in [0.25, 0.3) is 0 Å². The number of nitrogens with zero attached hydrogens (tertiary/aromatic N) is 2. The summed E-state index contributed by atoms with van der Waals surface area (Å²) in [5.74, 6) is 0.723. The molecule has 0 fully saturated rings. The number of carbonyl (C=O) groups is 1. The first kappa shape index (κ1) is 13.5. The quantitative estimate of drug-likeness (QED) is 0.824. The van der Waals surface area contributed by atoms with Crippen LogP contribution in [0.1, 0.15) is 32.6 Å². The minimum Gasteiger partial charge on any atom is -0.444 e. The molecular formula is C11H20N4O2. The molecule has 0 spiro atoms. The van der Waals surface area contributed by atoms with Crippen LogP contribution in [0.15, 0.2) is 12.4 Å². The number of rotatable bonds is 3. The van der Waals surface area contributed by atoms with Gasteiger partial charge < -0.3 is 20.4 Å². The fourth-order valence-electron chi connectivity index (χ4n) is 1.33. The lowest BCUT2D eigenvalue weighted by atomic mass is 10.2. The Morgan fingerprint density at radius 3 is 2.76 bits per heavy atom. The van der Waals surface area contributed by atoms with E-state index in [1.54, 1.807) is 6.20 Å². The van der Waals surface area contributed by atoms with Crippen LogP contribution in [0.5, 0.6) is 0 Å². The van der Waals surface area contributed by atoms with Crippen LogP contribution in [0.4, 0.5) is 4.79 Å². The van der Waals surface area contributed by atoms with Gasteiger partial charge in [-0.15, -0.1) is 0 Å². The van der Waals surface area contributed by atoms with Crippen LogP contribution in [0, 0.1) is 0 Å². The zero-order valence-corrected chi connectivity index (χ0v) is 10.7. The van der Waals surface area contributed by atoms with E-state index in [1.807, 2.05) is 38.6 Å². The molecule has 1 unspecified atom stereocenters. The molecule has 1 aromatic rings. The Morgan fingerprint density at radius 2 is 2.29 bits per heavy atom. The van der Waals surface area contributed by atoms with E-state index >= 15 is 0 Å². The second-order valence-corrected chi connectivity index (χ2v) is 4.89. The molecule has 0 aliphatic rings. The Labute approximate surface area is 101 Å². The maximum atomic E-state index is 11.4. The van der Waals surface area contributed by atoms with Gasteiger partial charge in [-0.2, -0.15) is 0 Å². The Kier molecular flexibility index (Phi) is 4.11. The average molecular weight is 240 g/mol. The zero-order chi connectivity index (χ0) is 13.1. The predicted octanol–water partition coefficient (Wildman–Crippen LogP) is 0.945. The summed E-state index contributed by atoms with van der Waals surface area (Å²) in [5, 5.41) is 2.61. The second-order valence-electron chi connectivity index (χ2n) is 4.89. The van der Waals surface area contributed by atoms with E-state index in [0.717, 1.165) is 5.82 Å². The van der Waals surface area contributed by atoms with Gasteiger partial charge in [0.15, 0.2) is 0 Å². The topological polar surface area (TPSA) is 82.2 Å². The molecule has 96 valence electrons. The van der Waals surface area contributed by atoms with Gasteiger partial charge in [0, 0.05) is 26.0 Å². The Balaban J connectivity index is 2.41. The molecule has 0 aromatic carbocycles. The number of aryl methyl sites for hydroxylation is 1. The van der Waals surface area contributed by atoms with Crippen molar-refractivity contribution < 1.29 is 9.53 Å². The molecule has 6 heteroatoms. The van der Waals surface area contributed by atoms with Gasteiger partial charge in [-0.3, -0.25) is 0 Å². The fraction of sp³-hybridized carbons (Fsp3) is 0.636. The highest BCUT2D eigenvalue weighted by molar-refractivity contribution is 5.67. The van der Waals surface area contributed by atoms with Crippen LogP contribution >= 0.6 is 0 Å². The summed E-state index contributed by atoms with van der Waals surface area (Å²) in [4.78, 5) is 15.5. The zero-order valence-electron chi connectivity index (χ0n) is 10.7. The van der Waals surface area contributed by atoms with Crippen LogP contribution in [0.25, 0.3) is 0 Å². The molecule has 17 heavy (non-hydrogen) atoms. The summed E-state index contributed by atoms with van der Waals surface area (Å²) in [7, 11) is 1.86. The van der Waals surface area contributed by atoms with Crippen molar-refractivity contribution in [2.45, 2.75) is 32.4 Å². The van der Waals surface area contributed by atoms with Crippen molar-refractivity contribution in [2.24, 2.45) is 12.8 Å². The van der Waals surface area contributed by atoms with E-state index in [9.17, 15) is 4.79 Å². The van der Waals surface area contributed by atoms with Gasteiger partial charge in [-0.25, -0.2) is 9.78 Å². The number of imidazole rings is 1. The minimum absolute atomic E-state index is 0.291. The molecule has 1 aromatic heterocycles. The molecular weight excluding hydrogens is 220 g/mol. The van der Waals surface area contributed by atoms with Crippen molar-refractivity contribution in [1.82, 2.24) is 14.9 Å². The monoisotopic (exact) mass is 240 g/mol. The summed E-state index contributed by atoms with van der Waals surface area (Å²) in [6.07, 6.45) is 3.01. The van der Waals surface area contributed by atoms with E-state index in [2.05, 4.69) is 10.3 Å². The van der Waals surface area contributed by atoms with E-state index < -0.39 is 11.7 Å². The first-order chi connectivity index (χ1) is 7.79. The Bertz CT molecular complexity index is 381. The summed E-state index contributed by atoms with van der Waals surface area (Å²) >= 11 is 0. The molecule has 1 atom stereocenters. The summed E-state index contributed by atoms with van der Waals surface area (Å²) < 4.78 is 6.92. The van der Waals surface area contributed by atoms with Gasteiger partial charge in [-0.05, 0) is 20.8 Å². The normalized spacial score (nSPS) is 13.2. The predicted molar refractivity (Wildman–Crippen MR) is 64.4 cm³/mol. The van der Waals surface area contributed by atoms with Gasteiger partial charge in [0.1, 0.15) is 11.4 Å². The Morgan fingerprint density at radius 1 is 1.65 bits per heavy atom. The van der Waals surface area contributed by atoms with Gasteiger partial charge in [0.05, 0.1) is 6.04 Å². The standard InChI is InChI=1S/C11H20N4O2/c1-11(2,3)17-10(16)14-7-8(12)9-13-5-6-15(9)4/h5-6,8H,7,12H2,1-4H3,(H,14,16). The van der Waals surface area contributed by atoms with Crippen molar-refractivity contribution >= 4 is 6.09 Å². The number of aromatic nitrogens is 2. The second kappa shape index (κ2) is 5.18. The summed E-state index contributed by atoms with van der Waals surface area (Å²) in [6, 6.07) is -0.345. The molecule has 6 nitrogen and oxygen atoms in total. The van der Waals surface area contributed by atoms with Crippen molar-refractivity contribution in [3.8, 4) is 0 Å². The third kappa shape index (κ3) is 4.44. The number of ether oxygens (including phenoxy) is 1. The smallest absolute Gasteiger partial charge is 0.407 e. The molecule has 0 saturated heterocycles. The number of hydrogen-bond acceptors (Lipinski definition) is 4. The maximum Gasteiger partial charge on any atom is 0.407 e. The lowest BCUT2D eigenvalue weighted by Gasteiger charge is -2.20. The molecule has 0 aliphatic carbocycles. The maximum absolute atomic E-state index is 11.4. The van der Waals surface area contributed by atoms with Crippen LogP contribution in [0.3, 0.4) is 0 Å². The lowest BCUT2D eigenvalue weighted by molar-refractivity contribution is 0.0524. The molecule has 1 rings (SSSR count). The molecule has 0 bridgehead atoms. The van der Waals surface area contributed by atoms with Crippen molar-refractivity contribution in [2.75, 3.05) is 6.54 Å². The molecule has 1 amide bonds. The highest BCUT2D eigenvalue weighted by Crippen LogP contribution is 2.08. The van der Waals surface area contributed by atoms with Crippen molar-refractivity contribution in [1.29, 1.82) is 0 Å². The highest BCUT2D eigenvalue weighted by Gasteiger charge is 2.17. The first-order valence-corrected chi connectivity index (χ1v) is 5.49. The van der Waals surface area contributed by atoms with E-state index in [0.29, 0.717) is 6.54 Å². The Hall–Kier alpha value is -1.56. The lowest BCUT2D eigenvalue weighted by Crippen LogP contribution is -2.37. The molecule has 1 heterocycles. The molecule has 3 N–H and O–H groups in total. The summed E-state index contributed by atoms with van der Waals surface area (Å²) in [6.45, 7) is 5.72. The number of amides is 1. The molecule has 0 saturated carbocycles. The molecule has 0 aliphatic heterocycles. The number of nitrogens with one attached hydrogen (secondary N) is 1. The first-order valence-electron chi connectivity index (χ1n) is 5.49. The number of hydrogen-bond donors (Lipinski definition) is 2. The third-order valence-electron chi connectivity index (χ3n) is 2.06. The minimum atomic E-state index is -0.503. The van der Waals surface area contributed by atoms with Crippen LogP contribution in [-0.4, -0.2) is 27.8 Å². The van der Waals surface area contributed by atoms with Crippen LogP contribution in [0.2, 0.25) is 0 Å². The molecule has 0 radical (unpaired) electrons. The number of carbonyl (C=O) groups excluding carboxylic acids is 1. The average Bonchev–Trinajstić information content (AvgIpc) is 2.58. The van der Waals surface area contributed by atoms with E-state index in [-0.39, 0.29) is 6.04 Å². The third-order valence-corrected chi connectivity index (χ3v) is 2.06. The largest absolute Gasteiger partial charge is 0.444 e.